The summed E-state index contributed by atoms with van der Waals surface area (Å²) in [6, 6.07) is 17.5. The molecule has 0 aromatic heterocycles. The number of ether oxygens (including phenoxy) is 2. The molecule has 0 amide bonds. The first-order valence-corrected chi connectivity index (χ1v) is 16.0. The first-order valence-electron chi connectivity index (χ1n) is 12.9. The molecule has 218 valence electrons. The lowest BCUT2D eigenvalue weighted by atomic mass is 10.2. The minimum absolute atomic E-state index is 0.0338. The van der Waals surface area contributed by atoms with Gasteiger partial charge in [-0.05, 0) is 51.0 Å². The maximum absolute atomic E-state index is 13.8. The summed E-state index contributed by atoms with van der Waals surface area (Å²) in [7, 11) is -8.43. The van der Waals surface area contributed by atoms with E-state index in [4.69, 9.17) is 27.6 Å². The van der Waals surface area contributed by atoms with E-state index in [0.29, 0.717) is 11.1 Å². The smallest absolute Gasteiger partial charge is 0.368 e. The zero-order chi connectivity index (χ0) is 29.4. The third kappa shape index (κ3) is 9.97. The number of esters is 2. The van der Waals surface area contributed by atoms with Crippen molar-refractivity contribution in [2.45, 2.75) is 27.7 Å². The van der Waals surface area contributed by atoms with E-state index >= 15 is 0 Å². The molecule has 2 aromatic carbocycles. The summed E-state index contributed by atoms with van der Waals surface area (Å²) < 4.78 is 59.8. The number of benzene rings is 2. The summed E-state index contributed by atoms with van der Waals surface area (Å²) in [5.41, 5.74) is 1.16. The van der Waals surface area contributed by atoms with Crippen LogP contribution in [-0.4, -0.2) is 51.6 Å². The fourth-order valence-corrected chi connectivity index (χ4v) is 6.54. The van der Waals surface area contributed by atoms with Crippen LogP contribution in [0.2, 0.25) is 0 Å². The van der Waals surface area contributed by atoms with Crippen LogP contribution in [0.3, 0.4) is 0 Å². The fraction of sp³-hybridized carbons (Fsp3) is 0.357. The molecule has 2 unspecified atom stereocenters. The van der Waals surface area contributed by atoms with Crippen LogP contribution in [0, 0.1) is 0 Å². The molecule has 0 aliphatic carbocycles. The molecule has 0 aliphatic rings. The van der Waals surface area contributed by atoms with E-state index in [2.05, 4.69) is 0 Å². The fourth-order valence-electron chi connectivity index (χ4n) is 3.33. The van der Waals surface area contributed by atoms with Gasteiger partial charge in [-0.1, -0.05) is 60.7 Å². The van der Waals surface area contributed by atoms with E-state index in [1.807, 2.05) is 0 Å². The predicted molar refractivity (Wildman–Crippen MR) is 152 cm³/mol. The monoisotopic (exact) mass is 594 g/mol. The summed E-state index contributed by atoms with van der Waals surface area (Å²) in [6.45, 7) is 5.62. The van der Waals surface area contributed by atoms with Crippen LogP contribution in [0.1, 0.15) is 38.8 Å². The summed E-state index contributed by atoms with van der Waals surface area (Å²) >= 11 is 0. The van der Waals surface area contributed by atoms with E-state index in [1.54, 1.807) is 88.4 Å². The van der Waals surface area contributed by atoms with Gasteiger partial charge in [0.1, 0.15) is 10.6 Å². The lowest BCUT2D eigenvalue weighted by Gasteiger charge is -2.22. The summed E-state index contributed by atoms with van der Waals surface area (Å²) in [6.07, 6.45) is 2.75. The van der Waals surface area contributed by atoms with E-state index in [0.717, 1.165) is 0 Å². The quantitative estimate of drug-likeness (QED) is 0.0847. The van der Waals surface area contributed by atoms with Gasteiger partial charge in [-0.2, -0.15) is 0 Å². The first kappa shape index (κ1) is 33.4. The molecule has 0 saturated carbocycles. The van der Waals surface area contributed by atoms with E-state index in [9.17, 15) is 18.7 Å². The Labute approximate surface area is 235 Å². The third-order valence-corrected chi connectivity index (χ3v) is 9.01. The minimum atomic E-state index is -4.22. The van der Waals surface area contributed by atoms with E-state index < -0.39 is 40.3 Å². The Morgan fingerprint density at radius 1 is 0.575 bits per heavy atom. The van der Waals surface area contributed by atoms with Crippen molar-refractivity contribution in [3.8, 4) is 0 Å². The second-order valence-electron chi connectivity index (χ2n) is 7.82. The maximum Gasteiger partial charge on any atom is 0.368 e. The lowest BCUT2D eigenvalue weighted by Crippen LogP contribution is -2.15. The van der Waals surface area contributed by atoms with Crippen LogP contribution in [0.25, 0.3) is 12.2 Å². The Hall–Kier alpha value is -2.84. The zero-order valence-corrected chi connectivity index (χ0v) is 24.9. The van der Waals surface area contributed by atoms with Gasteiger partial charge in [0, 0.05) is 0 Å². The number of hydrogen-bond acceptors (Lipinski definition) is 10. The molecule has 12 heteroatoms. The zero-order valence-electron chi connectivity index (χ0n) is 23.1. The molecule has 0 spiro atoms. The Morgan fingerprint density at radius 2 is 0.925 bits per heavy atom. The summed E-state index contributed by atoms with van der Waals surface area (Å²) in [5.74, 6) is -1.72. The molecule has 0 saturated heterocycles. The van der Waals surface area contributed by atoms with Crippen LogP contribution < -0.4 is 0 Å². The predicted octanol–water partition coefficient (Wildman–Crippen LogP) is 6.69. The van der Waals surface area contributed by atoms with Gasteiger partial charge in [-0.25, -0.2) is 9.59 Å². The van der Waals surface area contributed by atoms with Crippen LogP contribution in [0.15, 0.2) is 71.3 Å². The van der Waals surface area contributed by atoms with Gasteiger partial charge in [-0.15, -0.1) is 0 Å². The average Bonchev–Trinajstić information content (AvgIpc) is 2.94. The van der Waals surface area contributed by atoms with Crippen molar-refractivity contribution in [1.29, 1.82) is 0 Å². The van der Waals surface area contributed by atoms with Crippen molar-refractivity contribution >= 4 is 39.3 Å². The van der Waals surface area contributed by atoms with Crippen molar-refractivity contribution in [2.75, 3.05) is 39.6 Å². The Morgan fingerprint density at radius 3 is 1.23 bits per heavy atom. The minimum Gasteiger partial charge on any atom is -0.462 e. The number of rotatable bonds is 17. The van der Waals surface area contributed by atoms with E-state index in [-0.39, 0.29) is 37.1 Å². The van der Waals surface area contributed by atoms with Gasteiger partial charge in [0.2, 0.25) is 0 Å². The third-order valence-electron chi connectivity index (χ3n) is 4.97. The van der Waals surface area contributed by atoms with Gasteiger partial charge in [0.15, 0.2) is 0 Å². The molecule has 2 atom stereocenters. The van der Waals surface area contributed by atoms with Crippen molar-refractivity contribution in [2.24, 2.45) is 0 Å². The Balaban J connectivity index is 2.32. The number of carbonyl (C=O) groups excluding carboxylic acids is 2. The topological polar surface area (TPSA) is 124 Å². The van der Waals surface area contributed by atoms with Crippen molar-refractivity contribution in [3.05, 3.63) is 82.4 Å². The van der Waals surface area contributed by atoms with Gasteiger partial charge in [0.25, 0.3) is 0 Å². The molecule has 40 heavy (non-hydrogen) atoms. The van der Waals surface area contributed by atoms with Gasteiger partial charge in [-0.3, -0.25) is 9.13 Å². The van der Waals surface area contributed by atoms with Gasteiger partial charge in [0.05, 0.1) is 39.6 Å². The molecule has 0 N–H and O–H groups in total. The second-order valence-corrected chi connectivity index (χ2v) is 11.8. The Kier molecular flexibility index (Phi) is 14.2. The Bertz CT molecular complexity index is 1140. The highest BCUT2D eigenvalue weighted by molar-refractivity contribution is 7.60. The molecule has 0 fully saturated rings. The number of hydrogen-bond donors (Lipinski definition) is 0. The van der Waals surface area contributed by atoms with Gasteiger partial charge < -0.3 is 27.6 Å². The summed E-state index contributed by atoms with van der Waals surface area (Å²) in [5, 5.41) is -0.599. The van der Waals surface area contributed by atoms with Crippen LogP contribution in [0.4, 0.5) is 0 Å². The van der Waals surface area contributed by atoms with Crippen LogP contribution in [0.5, 0.6) is 0 Å². The largest absolute Gasteiger partial charge is 0.462 e. The number of carbonyl (C=O) groups is 2. The van der Waals surface area contributed by atoms with Crippen LogP contribution in [-0.2, 0) is 46.3 Å². The average molecular weight is 595 g/mol. The standard InChI is InChI=1S/C28H36O10P2/c1-5-33-27(29)25(21-23-15-11-9-12-16-23)39(31,35-7-3)37-19-20-38-40(32,36-8-4)26(28(30)34-6-2)22-24-17-13-10-14-18-24/h9-18,21-22H,5-8,19-20H2,1-4H3. The first-order chi connectivity index (χ1) is 19.2. The molecular formula is C28H36O10P2. The molecule has 0 bridgehead atoms. The molecule has 0 heterocycles. The van der Waals surface area contributed by atoms with Gasteiger partial charge >= 0.3 is 27.1 Å². The van der Waals surface area contributed by atoms with E-state index in [1.165, 1.54) is 12.2 Å². The lowest BCUT2D eigenvalue weighted by molar-refractivity contribution is -0.138. The van der Waals surface area contributed by atoms with Crippen molar-refractivity contribution in [3.63, 3.8) is 0 Å². The highest BCUT2D eigenvalue weighted by Gasteiger charge is 2.39. The second kappa shape index (κ2) is 17.1. The summed E-state index contributed by atoms with van der Waals surface area (Å²) in [4.78, 5) is 25.5. The van der Waals surface area contributed by atoms with Crippen molar-refractivity contribution < 1.29 is 46.3 Å². The SMILES string of the molecule is CCOC(=O)C(=Cc1ccccc1)P(=O)(OCC)OCCOP(=O)(OCC)C(=Cc1ccccc1)C(=O)OCC. The molecule has 0 radical (unpaired) electrons. The molecule has 2 aromatic rings. The normalized spacial score (nSPS) is 15.1. The van der Waals surface area contributed by atoms with Crippen LogP contribution >= 0.6 is 15.2 Å². The molecular weight excluding hydrogens is 558 g/mol. The molecule has 0 aliphatic heterocycles. The molecule has 2 rings (SSSR count). The highest BCUT2D eigenvalue weighted by Crippen LogP contribution is 2.59. The molecule has 10 nitrogen and oxygen atoms in total. The van der Waals surface area contributed by atoms with Crippen molar-refractivity contribution in [1.82, 2.24) is 0 Å². The maximum atomic E-state index is 13.8. The highest BCUT2D eigenvalue weighted by atomic mass is 31.2.